The fourth-order valence-corrected chi connectivity index (χ4v) is 5.74. The molecule has 2 aliphatic rings. The molecule has 1 saturated heterocycles. The molecule has 0 amide bonds. The van der Waals surface area contributed by atoms with Crippen LogP contribution in [0.3, 0.4) is 0 Å². The van der Waals surface area contributed by atoms with Crippen molar-refractivity contribution < 1.29 is 23.5 Å². The molecule has 5 nitrogen and oxygen atoms in total. The Labute approximate surface area is 212 Å². The quantitative estimate of drug-likeness (QED) is 0.250. The summed E-state index contributed by atoms with van der Waals surface area (Å²) in [5, 5.41) is 0. The summed E-state index contributed by atoms with van der Waals surface area (Å²) in [5.41, 5.74) is 0.218. The van der Waals surface area contributed by atoms with Crippen molar-refractivity contribution in [1.29, 1.82) is 0 Å². The van der Waals surface area contributed by atoms with Crippen molar-refractivity contribution in [3.8, 4) is 5.75 Å². The van der Waals surface area contributed by atoms with Crippen LogP contribution in [0, 0.1) is 24.2 Å². The van der Waals surface area contributed by atoms with E-state index in [2.05, 4.69) is 4.85 Å². The minimum atomic E-state index is -0.934. The van der Waals surface area contributed by atoms with Gasteiger partial charge >= 0.3 is 5.97 Å². The van der Waals surface area contributed by atoms with Gasteiger partial charge in [-0.25, -0.2) is 11.0 Å². The number of aryl methyl sites for hydroxylation is 1. The fraction of sp³-hybridized carbons (Fsp3) is 0.500. The van der Waals surface area contributed by atoms with Crippen LogP contribution in [0.25, 0.3) is 4.85 Å². The second kappa shape index (κ2) is 10.4. The van der Waals surface area contributed by atoms with Gasteiger partial charge in [-0.05, 0) is 73.4 Å². The van der Waals surface area contributed by atoms with Gasteiger partial charge in [-0.3, -0.25) is 9.59 Å². The van der Waals surface area contributed by atoms with E-state index in [1.807, 2.05) is 30.3 Å². The first-order chi connectivity index (χ1) is 17.2. The van der Waals surface area contributed by atoms with Crippen molar-refractivity contribution in [2.24, 2.45) is 11.8 Å². The number of carbonyl (C=O) groups is 2. The molecule has 6 heteroatoms. The molecular formula is C30H34FNO4. The van der Waals surface area contributed by atoms with E-state index in [-0.39, 0.29) is 18.1 Å². The number of carbonyl (C=O) groups excluding carboxylic acids is 2. The number of methoxy groups -OCH3 is 1. The largest absolute Gasteiger partial charge is 0.497 e. The lowest BCUT2D eigenvalue weighted by Gasteiger charge is -2.43. The smallest absolute Gasteiger partial charge is 0.317 e. The van der Waals surface area contributed by atoms with E-state index in [4.69, 9.17) is 16.0 Å². The van der Waals surface area contributed by atoms with Gasteiger partial charge < -0.3 is 14.3 Å². The monoisotopic (exact) mass is 491 g/mol. The number of ketones is 1. The van der Waals surface area contributed by atoms with Crippen LogP contribution in [-0.4, -0.2) is 24.5 Å². The first kappa shape index (κ1) is 25.9. The lowest BCUT2D eigenvalue weighted by Crippen LogP contribution is -2.52. The predicted molar refractivity (Wildman–Crippen MR) is 135 cm³/mol. The highest BCUT2D eigenvalue weighted by atomic mass is 19.1. The average Bonchev–Trinajstić information content (AvgIpc) is 3.41. The van der Waals surface area contributed by atoms with E-state index in [0.717, 1.165) is 36.8 Å². The molecular weight excluding hydrogens is 457 g/mol. The van der Waals surface area contributed by atoms with Gasteiger partial charge in [0, 0.05) is 20.3 Å². The van der Waals surface area contributed by atoms with Crippen LogP contribution in [0.5, 0.6) is 5.75 Å². The molecule has 1 aliphatic carbocycles. The van der Waals surface area contributed by atoms with E-state index in [1.165, 1.54) is 6.07 Å². The Kier molecular flexibility index (Phi) is 7.49. The highest BCUT2D eigenvalue weighted by Gasteiger charge is 2.51. The Balaban J connectivity index is 1.52. The van der Waals surface area contributed by atoms with Crippen LogP contribution >= 0.6 is 0 Å². The molecule has 2 atom stereocenters. The zero-order valence-corrected chi connectivity index (χ0v) is 21.3. The standard InChI is InChI=1S/C30H34FNO4/c1-29(2,32-3)25-13-12-20(18-26(25)31)14-15-30(22-9-5-6-10-22)19-27(33)24(28(34)36-30)17-21-8-7-11-23(16-21)35-4/h7-8,11-13,16,18,22,24H,5-6,9-10,14-15,17,19H2,1-2,4H3. The molecule has 2 fully saturated rings. The van der Waals surface area contributed by atoms with Gasteiger partial charge in [-0.15, -0.1) is 0 Å². The molecule has 2 unspecified atom stereocenters. The second-order valence-corrected chi connectivity index (χ2v) is 10.7. The molecule has 0 N–H and O–H groups in total. The van der Waals surface area contributed by atoms with E-state index >= 15 is 0 Å². The fourth-order valence-electron chi connectivity index (χ4n) is 5.74. The molecule has 190 valence electrons. The molecule has 4 rings (SSSR count). The Morgan fingerprint density at radius 2 is 1.89 bits per heavy atom. The lowest BCUT2D eigenvalue weighted by molar-refractivity contribution is -0.185. The number of rotatable bonds is 8. The lowest BCUT2D eigenvalue weighted by atomic mass is 9.73. The molecule has 2 aromatic rings. The van der Waals surface area contributed by atoms with Crippen molar-refractivity contribution in [2.45, 2.75) is 76.4 Å². The summed E-state index contributed by atoms with van der Waals surface area (Å²) in [6.45, 7) is 10.7. The zero-order chi connectivity index (χ0) is 25.9. The maximum Gasteiger partial charge on any atom is 0.317 e. The average molecular weight is 492 g/mol. The Hall–Kier alpha value is -3.20. The summed E-state index contributed by atoms with van der Waals surface area (Å²) in [5.74, 6) is -0.948. The van der Waals surface area contributed by atoms with Gasteiger partial charge in [0.15, 0.2) is 5.78 Å². The maximum atomic E-state index is 14.8. The van der Waals surface area contributed by atoms with Gasteiger partial charge in [-0.2, -0.15) is 0 Å². The first-order valence-electron chi connectivity index (χ1n) is 12.7. The van der Waals surface area contributed by atoms with Gasteiger partial charge in [0.25, 0.3) is 5.54 Å². The number of hydrogen-bond donors (Lipinski definition) is 0. The van der Waals surface area contributed by atoms with E-state index < -0.39 is 28.8 Å². The van der Waals surface area contributed by atoms with Crippen molar-refractivity contribution in [3.05, 3.63) is 76.4 Å². The molecule has 1 saturated carbocycles. The first-order valence-corrected chi connectivity index (χ1v) is 12.7. The minimum absolute atomic E-state index is 0.0821. The summed E-state index contributed by atoms with van der Waals surface area (Å²) in [6, 6.07) is 12.4. The molecule has 1 heterocycles. The molecule has 0 radical (unpaired) electrons. The summed E-state index contributed by atoms with van der Waals surface area (Å²) in [6.07, 6.45) is 5.42. The Morgan fingerprint density at radius 1 is 1.14 bits per heavy atom. The van der Waals surface area contributed by atoms with Crippen molar-refractivity contribution >= 4 is 11.8 Å². The Morgan fingerprint density at radius 3 is 2.53 bits per heavy atom. The summed E-state index contributed by atoms with van der Waals surface area (Å²) < 4.78 is 26.3. The minimum Gasteiger partial charge on any atom is -0.497 e. The number of hydrogen-bond acceptors (Lipinski definition) is 4. The normalized spacial score (nSPS) is 22.8. The van der Waals surface area contributed by atoms with Crippen molar-refractivity contribution in [1.82, 2.24) is 0 Å². The number of benzene rings is 2. The van der Waals surface area contributed by atoms with Crippen LogP contribution < -0.4 is 4.74 Å². The summed E-state index contributed by atoms with van der Waals surface area (Å²) >= 11 is 0. The third-order valence-corrected chi connectivity index (χ3v) is 7.93. The predicted octanol–water partition coefficient (Wildman–Crippen LogP) is 6.23. The number of Topliss-reactive ketones (excluding diaryl/α,β-unsaturated/α-hetero) is 1. The molecule has 36 heavy (non-hydrogen) atoms. The second-order valence-electron chi connectivity index (χ2n) is 10.7. The number of halogens is 1. The van der Waals surface area contributed by atoms with Gasteiger partial charge in [0.1, 0.15) is 23.1 Å². The van der Waals surface area contributed by atoms with Crippen molar-refractivity contribution in [2.75, 3.05) is 7.11 Å². The number of esters is 1. The molecule has 1 aliphatic heterocycles. The van der Waals surface area contributed by atoms with E-state index in [9.17, 15) is 14.0 Å². The molecule has 2 aromatic carbocycles. The maximum absolute atomic E-state index is 14.8. The zero-order valence-electron chi connectivity index (χ0n) is 21.3. The third-order valence-electron chi connectivity index (χ3n) is 7.93. The number of ether oxygens (including phenoxy) is 2. The molecule has 0 bridgehead atoms. The number of nitrogens with zero attached hydrogens (tertiary/aromatic N) is 1. The summed E-state index contributed by atoms with van der Waals surface area (Å²) in [4.78, 5) is 30.1. The van der Waals surface area contributed by atoms with Crippen LogP contribution in [0.2, 0.25) is 0 Å². The van der Waals surface area contributed by atoms with Crippen LogP contribution in [0.1, 0.15) is 69.1 Å². The Bertz CT molecular complexity index is 1160. The van der Waals surface area contributed by atoms with E-state index in [1.54, 1.807) is 27.0 Å². The van der Waals surface area contributed by atoms with E-state index in [0.29, 0.717) is 30.6 Å². The summed E-state index contributed by atoms with van der Waals surface area (Å²) in [7, 11) is 1.58. The third kappa shape index (κ3) is 5.31. The van der Waals surface area contributed by atoms with Gasteiger partial charge in [0.05, 0.1) is 12.7 Å². The number of cyclic esters (lactones) is 1. The van der Waals surface area contributed by atoms with Crippen LogP contribution in [0.4, 0.5) is 4.39 Å². The van der Waals surface area contributed by atoms with Crippen molar-refractivity contribution in [3.63, 3.8) is 0 Å². The molecule has 0 spiro atoms. The molecule has 0 aromatic heterocycles. The highest BCUT2D eigenvalue weighted by Crippen LogP contribution is 2.45. The van der Waals surface area contributed by atoms with Gasteiger partial charge in [-0.1, -0.05) is 31.0 Å². The topological polar surface area (TPSA) is 57.0 Å². The van der Waals surface area contributed by atoms with Crippen LogP contribution in [0.15, 0.2) is 42.5 Å². The SMILES string of the molecule is [C-]#[N+]C(C)(C)c1ccc(CCC2(C3CCCC3)CC(=O)C(Cc3cccc(OC)c3)C(=O)O2)cc1F. The van der Waals surface area contributed by atoms with Crippen LogP contribution in [-0.2, 0) is 32.7 Å². The van der Waals surface area contributed by atoms with Gasteiger partial charge in [0.2, 0.25) is 0 Å². The highest BCUT2D eigenvalue weighted by molar-refractivity contribution is 6.01.